The molecule has 0 radical (unpaired) electrons. The van der Waals surface area contributed by atoms with Crippen LogP contribution in [0.2, 0.25) is 0 Å². The highest BCUT2D eigenvalue weighted by atomic mass is 19.1. The average molecular weight is 1240 g/mol. The Labute approximate surface area is 513 Å². The number of nitrogens with one attached hydrogen (secondary N) is 8. The first kappa shape index (κ1) is 70.5. The maximum atomic E-state index is 14.5. The van der Waals surface area contributed by atoms with Crippen LogP contribution in [0.4, 0.5) is 9.18 Å². The third kappa shape index (κ3) is 22.1. The van der Waals surface area contributed by atoms with Crippen LogP contribution >= 0.6 is 0 Å². The number of hydrogen-bond donors (Lipinski definition) is 14. The lowest BCUT2D eigenvalue weighted by Gasteiger charge is -2.30. The number of guanidine groups is 1. The van der Waals surface area contributed by atoms with Gasteiger partial charge < -0.3 is 79.6 Å². The van der Waals surface area contributed by atoms with E-state index in [1.54, 1.807) is 20.0 Å². The minimum absolute atomic E-state index is 0.0391. The fraction of sp³-hybridized carbons (Fsp3) is 0.475. The number of ketones is 3. The topological polar surface area (TPSA) is 442 Å². The van der Waals surface area contributed by atoms with Crippen molar-refractivity contribution in [3.8, 4) is 5.75 Å². The van der Waals surface area contributed by atoms with Gasteiger partial charge in [0.2, 0.25) is 41.4 Å². The van der Waals surface area contributed by atoms with Gasteiger partial charge >= 0.3 is 6.03 Å². The molecule has 17 N–H and O–H groups in total. The van der Waals surface area contributed by atoms with Gasteiger partial charge in [0.25, 0.3) is 0 Å². The lowest BCUT2D eigenvalue weighted by Crippen LogP contribution is -2.56. The van der Waals surface area contributed by atoms with Gasteiger partial charge in [-0.15, -0.1) is 0 Å². The summed E-state index contributed by atoms with van der Waals surface area (Å²) in [6.07, 6.45) is -3.50. The molecule has 1 saturated heterocycles. The zero-order valence-electron chi connectivity index (χ0n) is 50.4. The van der Waals surface area contributed by atoms with E-state index < -0.39 is 157 Å². The van der Waals surface area contributed by atoms with E-state index in [0.29, 0.717) is 17.5 Å². The summed E-state index contributed by atoms with van der Waals surface area (Å²) >= 11 is 0. The SMILES string of the molecule is CN=C(N)NCCC[C@H](CC(=O)[C@H](CC(C)C)NC(=O)NCC(=O)[C@H](Cc1cccc(F)c1)NC(=O)[C@@H](CC(=O)[C@H](CC(N)=O)NC(=O)[C@@H]1C[C@@H](O)CN1C(=O)[C@@H](Cc1ccc(O)cc1)NC(C)=O)[C@@H](C)O)C(=O)N[C@@H](Cc1c[nH]c2ccccc12)C(N)=O. The highest BCUT2D eigenvalue weighted by Gasteiger charge is 2.43. The Morgan fingerprint density at radius 3 is 2.04 bits per heavy atom. The number of carbonyl (C=O) groups excluding carboxylic acids is 11. The van der Waals surface area contributed by atoms with E-state index >= 15 is 0 Å². The molecule has 482 valence electrons. The number of fused-ring (bicyclic) bond motifs is 1. The molecule has 3 aromatic carbocycles. The third-order valence-corrected chi connectivity index (χ3v) is 15.1. The number of urea groups is 1. The van der Waals surface area contributed by atoms with Crippen molar-refractivity contribution >= 4 is 81.6 Å². The molecule has 9 amide bonds. The van der Waals surface area contributed by atoms with Gasteiger partial charge in [0.1, 0.15) is 29.7 Å². The molecule has 0 aliphatic carbocycles. The maximum absolute atomic E-state index is 14.5. The number of phenolic OH excluding ortho intramolecular Hbond substituents is 1. The molecule has 4 aromatic rings. The van der Waals surface area contributed by atoms with Crippen LogP contribution in [0, 0.1) is 23.6 Å². The number of aromatic hydroxyl groups is 1. The van der Waals surface area contributed by atoms with Gasteiger partial charge in [-0.1, -0.05) is 56.3 Å². The number of phenols is 1. The molecule has 1 aliphatic rings. The second kappa shape index (κ2) is 33.7. The molecule has 1 aromatic heterocycles. The number of primary amides is 2. The minimum atomic E-state index is -1.76. The van der Waals surface area contributed by atoms with Crippen molar-refractivity contribution in [2.75, 3.05) is 26.7 Å². The predicted octanol–water partition coefficient (Wildman–Crippen LogP) is -0.549. The Bertz CT molecular complexity index is 3210. The Morgan fingerprint density at radius 2 is 1.40 bits per heavy atom. The molecule has 5 rings (SSSR count). The number of aromatic amines is 1. The Morgan fingerprint density at radius 1 is 0.730 bits per heavy atom. The van der Waals surface area contributed by atoms with Crippen molar-refractivity contribution in [2.45, 2.75) is 140 Å². The molecular weight excluding hydrogens is 1160 g/mol. The molecule has 0 spiro atoms. The molecular formula is C61H82FN13O14. The van der Waals surface area contributed by atoms with Crippen LogP contribution < -0.4 is 54.4 Å². The minimum Gasteiger partial charge on any atom is -0.508 e. The predicted molar refractivity (Wildman–Crippen MR) is 324 cm³/mol. The quantitative estimate of drug-likeness (QED) is 0.0159. The van der Waals surface area contributed by atoms with Gasteiger partial charge in [0, 0.05) is 82.2 Å². The number of aliphatic hydroxyl groups is 2. The van der Waals surface area contributed by atoms with Gasteiger partial charge in [-0.05, 0) is 85.5 Å². The van der Waals surface area contributed by atoms with E-state index in [1.165, 1.54) is 50.4 Å². The normalized spacial score (nSPS) is 16.7. The lowest BCUT2D eigenvalue weighted by atomic mass is 9.90. The van der Waals surface area contributed by atoms with Gasteiger partial charge in [0.15, 0.2) is 23.3 Å². The number of likely N-dealkylation sites (tertiary alicyclic amines) is 1. The summed E-state index contributed by atoms with van der Waals surface area (Å²) in [5, 5.41) is 50.3. The summed E-state index contributed by atoms with van der Waals surface area (Å²) in [7, 11) is 1.48. The summed E-state index contributed by atoms with van der Waals surface area (Å²) in [6.45, 7) is 5.02. The summed E-state index contributed by atoms with van der Waals surface area (Å²) < 4.78 is 14.5. The number of benzene rings is 3. The first-order valence-corrected chi connectivity index (χ1v) is 29.2. The monoisotopic (exact) mass is 1240 g/mol. The number of hydrogen-bond acceptors (Lipinski definition) is 15. The number of H-pyrrole nitrogens is 1. The first-order valence-electron chi connectivity index (χ1n) is 29.2. The van der Waals surface area contributed by atoms with Crippen LogP contribution in [-0.2, 0) is 67.2 Å². The van der Waals surface area contributed by atoms with Crippen LogP contribution in [0.25, 0.3) is 10.9 Å². The van der Waals surface area contributed by atoms with Crippen molar-refractivity contribution in [3.05, 3.63) is 102 Å². The number of para-hydroxylation sites is 1. The van der Waals surface area contributed by atoms with Crippen LogP contribution in [0.5, 0.6) is 5.75 Å². The van der Waals surface area contributed by atoms with Gasteiger partial charge in [-0.3, -0.25) is 52.9 Å². The standard InChI is InChI=1S/C61H82FN13O14/c1-32(2)20-45(51(80)25-37(11-9-19-67-60(65)66-5)56(85)73-48(55(64)84)24-38-29-68-44-14-7-6-13-42(38)44)74-61(89)69-30-53(82)46(23-36-10-8-12-39(62)21-36)71-57(86)43(33(3)76)27-52(81)47(28-54(63)83)72-58(87)50-26-41(79)31-75(50)59(88)49(70-34(4)77)22-35-15-17-40(78)18-16-35/h6-8,10,12-18,21,29,32-33,37,41,43,45-50,68,76,78-79H,9,11,19-20,22-28,30-31H2,1-5H3,(H2,63,83)(H2,64,84)(H,70,77)(H,71,86)(H,72,87)(H,73,85)(H3,65,66,67)(H2,69,74,89)/t33-,37-,41-,43+,45+,46+,47+,48+,49-,50+/m1/s1. The average Bonchev–Trinajstić information content (AvgIpc) is 1.97. The lowest BCUT2D eigenvalue weighted by molar-refractivity contribution is -0.142. The van der Waals surface area contributed by atoms with E-state index in [-0.39, 0.29) is 74.8 Å². The maximum Gasteiger partial charge on any atom is 0.315 e. The number of nitrogens with two attached hydrogens (primary N) is 3. The number of β-amino-alcohol motifs (C(OH)–C–C–N with tert-alkyl or cyclic N) is 1. The van der Waals surface area contributed by atoms with Gasteiger partial charge in [0.05, 0.1) is 49.2 Å². The van der Waals surface area contributed by atoms with Gasteiger partial charge in [-0.2, -0.15) is 0 Å². The van der Waals surface area contributed by atoms with Crippen LogP contribution in [-0.4, -0.2) is 171 Å². The second-order valence-electron chi connectivity index (χ2n) is 22.7. The van der Waals surface area contributed by atoms with E-state index in [0.717, 1.165) is 34.9 Å². The molecule has 1 fully saturated rings. The van der Waals surface area contributed by atoms with Crippen molar-refractivity contribution in [1.82, 2.24) is 47.1 Å². The number of rotatable bonds is 34. The highest BCUT2D eigenvalue weighted by Crippen LogP contribution is 2.24. The number of aliphatic hydroxyl groups excluding tert-OH is 2. The number of halogens is 1. The summed E-state index contributed by atoms with van der Waals surface area (Å²) in [4.78, 5) is 158. The zero-order chi connectivity index (χ0) is 65.6. The summed E-state index contributed by atoms with van der Waals surface area (Å²) in [6, 6.07) is 8.77. The van der Waals surface area contributed by atoms with Crippen molar-refractivity contribution in [1.29, 1.82) is 0 Å². The Balaban J connectivity index is 1.29. The second-order valence-corrected chi connectivity index (χ2v) is 22.7. The summed E-state index contributed by atoms with van der Waals surface area (Å²) in [5.74, 6) is -12.0. The molecule has 27 nitrogen and oxygen atoms in total. The first-order chi connectivity index (χ1) is 42.1. The number of aliphatic imine (C=N–C) groups is 1. The van der Waals surface area contributed by atoms with Crippen molar-refractivity contribution < 1.29 is 72.4 Å². The molecule has 28 heteroatoms. The molecule has 10 atom stereocenters. The third-order valence-electron chi connectivity index (χ3n) is 15.1. The number of aromatic nitrogens is 1. The molecule has 0 unspecified atom stereocenters. The van der Waals surface area contributed by atoms with Crippen LogP contribution in [0.3, 0.4) is 0 Å². The van der Waals surface area contributed by atoms with Crippen molar-refractivity contribution in [2.24, 2.45) is 39.9 Å². The fourth-order valence-corrected chi connectivity index (χ4v) is 10.4. The molecule has 2 heterocycles. The number of nitrogens with zero attached hydrogens (tertiary/aromatic N) is 2. The molecule has 0 saturated carbocycles. The number of amides is 9. The van der Waals surface area contributed by atoms with E-state index in [2.05, 4.69) is 47.2 Å². The van der Waals surface area contributed by atoms with Crippen LogP contribution in [0.15, 0.2) is 84.0 Å². The highest BCUT2D eigenvalue weighted by molar-refractivity contribution is 6.00. The number of carbonyl (C=O) groups is 11. The number of Topliss-reactive ketones (excluding diaryl/α,β-unsaturated/α-hetero) is 3. The fourth-order valence-electron chi connectivity index (χ4n) is 10.4. The smallest absolute Gasteiger partial charge is 0.315 e. The Hall–Kier alpha value is -9.31. The summed E-state index contributed by atoms with van der Waals surface area (Å²) in [5.41, 5.74) is 19.3. The molecule has 0 bridgehead atoms. The Kier molecular flexibility index (Phi) is 26.7. The zero-order valence-corrected chi connectivity index (χ0v) is 50.4. The van der Waals surface area contributed by atoms with E-state index in [9.17, 15) is 72.4 Å². The van der Waals surface area contributed by atoms with E-state index in [4.69, 9.17) is 17.2 Å². The molecule has 89 heavy (non-hydrogen) atoms. The molecule has 1 aliphatic heterocycles. The van der Waals surface area contributed by atoms with Gasteiger partial charge in [-0.25, -0.2) is 9.18 Å². The largest absolute Gasteiger partial charge is 0.508 e. The van der Waals surface area contributed by atoms with Crippen LogP contribution in [0.1, 0.15) is 89.3 Å². The van der Waals surface area contributed by atoms with E-state index in [1.807, 2.05) is 24.3 Å². The van der Waals surface area contributed by atoms with Crippen molar-refractivity contribution in [3.63, 3.8) is 0 Å².